The third-order valence-corrected chi connectivity index (χ3v) is 5.83. The van der Waals surface area contributed by atoms with E-state index in [0.717, 1.165) is 17.5 Å². The summed E-state index contributed by atoms with van der Waals surface area (Å²) in [4.78, 5) is 11.8. The molecule has 0 N–H and O–H groups in total. The quantitative estimate of drug-likeness (QED) is 0.697. The molecule has 0 heterocycles. The van der Waals surface area contributed by atoms with Crippen LogP contribution in [0.1, 0.15) is 75.0 Å². The van der Waals surface area contributed by atoms with Crippen LogP contribution in [0.4, 0.5) is 0 Å². The van der Waals surface area contributed by atoms with Gasteiger partial charge in [-0.15, -0.1) is 0 Å². The number of ketones is 1. The summed E-state index contributed by atoms with van der Waals surface area (Å²) in [7, 11) is 0. The van der Waals surface area contributed by atoms with Gasteiger partial charge in [-0.25, -0.2) is 0 Å². The highest BCUT2D eigenvalue weighted by Gasteiger charge is 2.50. The second-order valence-electron chi connectivity index (χ2n) is 6.98. The van der Waals surface area contributed by atoms with Gasteiger partial charge in [-0.2, -0.15) is 0 Å². The minimum atomic E-state index is 0.137. The van der Waals surface area contributed by atoms with Gasteiger partial charge in [-0.3, -0.25) is 4.79 Å². The summed E-state index contributed by atoms with van der Waals surface area (Å²) < 4.78 is 0. The number of hydrogen-bond donors (Lipinski definition) is 0. The summed E-state index contributed by atoms with van der Waals surface area (Å²) in [5.74, 6) is 0.760. The predicted octanol–water partition coefficient (Wildman–Crippen LogP) is 4.79. The monoisotopic (exact) mass is 258 g/mol. The first kappa shape index (κ1) is 14.3. The molecular formula is C18H26O. The zero-order valence-corrected chi connectivity index (χ0v) is 13.3. The molecule has 1 aromatic rings. The fraction of sp³-hybridized carbons (Fsp3) is 0.611. The standard InChI is InChI=1S/C18H26O/c1-8-18(7)13(4)17(5,6)15-10-14(12(3)19)11(2)9-16(15)18/h9-10,13H,8H2,1-7H3/t13-,18+/m0/s1. The van der Waals surface area contributed by atoms with Gasteiger partial charge < -0.3 is 0 Å². The van der Waals surface area contributed by atoms with E-state index in [1.807, 2.05) is 0 Å². The summed E-state index contributed by atoms with van der Waals surface area (Å²) in [6, 6.07) is 4.42. The molecule has 0 aliphatic heterocycles. The Morgan fingerprint density at radius 3 is 2.26 bits per heavy atom. The molecule has 0 unspecified atom stereocenters. The molecule has 1 aliphatic carbocycles. The second-order valence-corrected chi connectivity index (χ2v) is 6.98. The minimum Gasteiger partial charge on any atom is -0.295 e. The van der Waals surface area contributed by atoms with Crippen molar-refractivity contribution in [3.8, 4) is 0 Å². The molecule has 19 heavy (non-hydrogen) atoms. The highest BCUT2D eigenvalue weighted by atomic mass is 16.1. The predicted molar refractivity (Wildman–Crippen MR) is 81.0 cm³/mol. The van der Waals surface area contributed by atoms with Crippen molar-refractivity contribution >= 4 is 5.78 Å². The maximum atomic E-state index is 11.8. The molecule has 0 radical (unpaired) electrons. The van der Waals surface area contributed by atoms with Gasteiger partial charge in [0, 0.05) is 5.56 Å². The molecule has 2 rings (SSSR count). The van der Waals surface area contributed by atoms with Gasteiger partial charge in [0.05, 0.1) is 0 Å². The average Bonchev–Trinajstić information content (AvgIpc) is 2.48. The Kier molecular flexibility index (Phi) is 3.16. The number of carbonyl (C=O) groups is 1. The van der Waals surface area contributed by atoms with E-state index in [1.54, 1.807) is 6.92 Å². The molecule has 0 fully saturated rings. The van der Waals surface area contributed by atoms with Crippen molar-refractivity contribution in [2.24, 2.45) is 5.92 Å². The molecule has 0 saturated heterocycles. The molecule has 0 saturated carbocycles. The lowest BCUT2D eigenvalue weighted by Crippen LogP contribution is -2.32. The maximum absolute atomic E-state index is 11.8. The van der Waals surface area contributed by atoms with Crippen LogP contribution in [-0.4, -0.2) is 5.78 Å². The number of rotatable bonds is 2. The van der Waals surface area contributed by atoms with Crippen molar-refractivity contribution in [1.29, 1.82) is 0 Å². The van der Waals surface area contributed by atoms with E-state index < -0.39 is 0 Å². The van der Waals surface area contributed by atoms with Crippen LogP contribution in [-0.2, 0) is 10.8 Å². The largest absolute Gasteiger partial charge is 0.295 e. The van der Waals surface area contributed by atoms with E-state index in [9.17, 15) is 4.79 Å². The fourth-order valence-corrected chi connectivity index (χ4v) is 3.85. The first-order chi connectivity index (χ1) is 8.66. The SMILES string of the molecule is CC[C@@]1(C)c2cc(C)c(C(C)=O)cc2C(C)(C)[C@@H]1C. The molecule has 0 bridgehead atoms. The van der Waals surface area contributed by atoms with Crippen molar-refractivity contribution in [3.05, 3.63) is 34.4 Å². The summed E-state index contributed by atoms with van der Waals surface area (Å²) in [5, 5.41) is 0. The molecule has 0 aromatic heterocycles. The van der Waals surface area contributed by atoms with Crippen molar-refractivity contribution in [1.82, 2.24) is 0 Å². The van der Waals surface area contributed by atoms with Gasteiger partial charge in [0.1, 0.15) is 0 Å². The Morgan fingerprint density at radius 1 is 1.21 bits per heavy atom. The van der Waals surface area contributed by atoms with E-state index >= 15 is 0 Å². The van der Waals surface area contributed by atoms with E-state index in [1.165, 1.54) is 11.1 Å². The summed E-state index contributed by atoms with van der Waals surface area (Å²) >= 11 is 0. The molecular weight excluding hydrogens is 232 g/mol. The van der Waals surface area contributed by atoms with Crippen molar-refractivity contribution in [3.63, 3.8) is 0 Å². The third kappa shape index (κ3) is 1.78. The highest BCUT2D eigenvalue weighted by Crippen LogP contribution is 2.55. The van der Waals surface area contributed by atoms with E-state index in [2.05, 4.69) is 53.7 Å². The Hall–Kier alpha value is -1.11. The van der Waals surface area contributed by atoms with Crippen LogP contribution in [0.5, 0.6) is 0 Å². The zero-order chi connectivity index (χ0) is 14.6. The van der Waals surface area contributed by atoms with Gasteiger partial charge in [0.15, 0.2) is 5.78 Å². The number of carbonyl (C=O) groups excluding carboxylic acids is 1. The minimum absolute atomic E-state index is 0.137. The van der Waals surface area contributed by atoms with Crippen LogP contribution in [0.15, 0.2) is 12.1 Å². The van der Waals surface area contributed by atoms with Crippen molar-refractivity contribution in [2.75, 3.05) is 0 Å². The van der Waals surface area contributed by atoms with E-state index in [0.29, 0.717) is 5.92 Å². The molecule has 1 aliphatic rings. The van der Waals surface area contributed by atoms with Crippen molar-refractivity contribution in [2.45, 2.75) is 65.7 Å². The van der Waals surface area contributed by atoms with Crippen LogP contribution in [0, 0.1) is 12.8 Å². The maximum Gasteiger partial charge on any atom is 0.160 e. The van der Waals surface area contributed by atoms with Crippen LogP contribution in [0.2, 0.25) is 0 Å². The first-order valence-electron chi connectivity index (χ1n) is 7.32. The number of fused-ring (bicyclic) bond motifs is 1. The molecule has 2 atom stereocenters. The van der Waals surface area contributed by atoms with Crippen molar-refractivity contribution < 1.29 is 4.79 Å². The number of Topliss-reactive ketones (excluding diaryl/α,β-unsaturated/α-hetero) is 1. The van der Waals surface area contributed by atoms with Gasteiger partial charge >= 0.3 is 0 Å². The molecule has 1 heteroatoms. The van der Waals surface area contributed by atoms with Crippen LogP contribution in [0.25, 0.3) is 0 Å². The summed E-state index contributed by atoms with van der Waals surface area (Å²) in [5.41, 5.74) is 5.20. The molecule has 1 nitrogen and oxygen atoms in total. The Balaban J connectivity index is 2.77. The zero-order valence-electron chi connectivity index (χ0n) is 13.3. The fourth-order valence-electron chi connectivity index (χ4n) is 3.85. The Labute approximate surface area is 117 Å². The lowest BCUT2D eigenvalue weighted by molar-refractivity contribution is 0.101. The highest BCUT2D eigenvalue weighted by molar-refractivity contribution is 5.96. The smallest absolute Gasteiger partial charge is 0.160 e. The molecule has 104 valence electrons. The topological polar surface area (TPSA) is 17.1 Å². The summed E-state index contributed by atoms with van der Waals surface area (Å²) in [6.45, 7) is 15.4. The van der Waals surface area contributed by atoms with E-state index in [-0.39, 0.29) is 16.6 Å². The van der Waals surface area contributed by atoms with Gasteiger partial charge in [0.2, 0.25) is 0 Å². The van der Waals surface area contributed by atoms with Gasteiger partial charge in [0.25, 0.3) is 0 Å². The van der Waals surface area contributed by atoms with Crippen LogP contribution in [0.3, 0.4) is 0 Å². The normalized spacial score (nSPS) is 28.3. The number of benzene rings is 1. The summed E-state index contributed by atoms with van der Waals surface area (Å²) in [6.07, 6.45) is 1.14. The number of hydrogen-bond acceptors (Lipinski definition) is 1. The average molecular weight is 258 g/mol. The number of aryl methyl sites for hydroxylation is 1. The van der Waals surface area contributed by atoms with Crippen LogP contribution < -0.4 is 0 Å². The first-order valence-corrected chi connectivity index (χ1v) is 7.32. The molecule has 0 spiro atoms. The van der Waals surface area contributed by atoms with E-state index in [4.69, 9.17) is 0 Å². The van der Waals surface area contributed by atoms with Crippen LogP contribution >= 0.6 is 0 Å². The van der Waals surface area contributed by atoms with Gasteiger partial charge in [-0.1, -0.05) is 40.7 Å². The van der Waals surface area contributed by atoms with Gasteiger partial charge in [-0.05, 0) is 59.8 Å². The lowest BCUT2D eigenvalue weighted by Gasteiger charge is -2.35. The molecule has 0 amide bonds. The second kappa shape index (κ2) is 4.19. The lowest BCUT2D eigenvalue weighted by atomic mass is 9.69. The molecule has 1 aromatic carbocycles. The Bertz CT molecular complexity index is 539. The third-order valence-electron chi connectivity index (χ3n) is 5.83. The Morgan fingerprint density at radius 2 is 1.79 bits per heavy atom.